The average Bonchev–Trinajstić information content (AvgIpc) is 2.39. The number of nitriles is 1. The lowest BCUT2D eigenvalue weighted by molar-refractivity contribution is 0.279. The molecule has 0 bridgehead atoms. The summed E-state index contributed by atoms with van der Waals surface area (Å²) in [7, 11) is 2.02. The largest absolute Gasteiger partial charge is 0.443 e. The third-order valence-corrected chi connectivity index (χ3v) is 2.39. The summed E-state index contributed by atoms with van der Waals surface area (Å²) in [6, 6.07) is 2.08. The van der Waals surface area contributed by atoms with Gasteiger partial charge in [-0.3, -0.25) is 4.90 Å². The Balaban J connectivity index is 2.48. The van der Waals surface area contributed by atoms with E-state index >= 15 is 0 Å². The van der Waals surface area contributed by atoms with Crippen molar-refractivity contribution in [2.45, 2.75) is 13.0 Å². The Morgan fingerprint density at radius 3 is 3.08 bits per heavy atom. The summed E-state index contributed by atoms with van der Waals surface area (Å²) in [5, 5.41) is 8.83. The van der Waals surface area contributed by atoms with Gasteiger partial charge in [-0.05, 0) is 13.5 Å². The predicted octanol–water partition coefficient (Wildman–Crippen LogP) is 0.721. The van der Waals surface area contributed by atoms with Crippen LogP contribution in [0.3, 0.4) is 0 Å². The quantitative estimate of drug-likeness (QED) is 0.634. The molecule has 0 atom stereocenters. The van der Waals surface area contributed by atoms with Gasteiger partial charge in [0.25, 0.3) is 0 Å². The van der Waals surface area contributed by atoms with E-state index in [-0.39, 0.29) is 5.88 Å². The van der Waals surface area contributed by atoms with Crippen LogP contribution in [0.2, 0.25) is 0 Å². The van der Waals surface area contributed by atoms with Crippen molar-refractivity contribution in [3.8, 4) is 6.07 Å². The molecule has 0 spiro atoms. The summed E-state index contributed by atoms with van der Waals surface area (Å²) in [5.41, 5.74) is 7.10. The molecule has 0 aromatic carbocycles. The molecule has 0 saturated carbocycles. The van der Waals surface area contributed by atoms with Crippen LogP contribution in [-0.4, -0.2) is 18.5 Å². The molecule has 4 nitrogen and oxygen atoms in total. The lowest BCUT2D eigenvalue weighted by Crippen LogP contribution is -2.25. The van der Waals surface area contributed by atoms with Gasteiger partial charge < -0.3 is 10.2 Å². The van der Waals surface area contributed by atoms with E-state index in [1.807, 2.05) is 7.05 Å². The van der Waals surface area contributed by atoms with Gasteiger partial charge in [0.1, 0.15) is 17.4 Å². The van der Waals surface area contributed by atoms with Crippen LogP contribution in [0.25, 0.3) is 0 Å². The van der Waals surface area contributed by atoms with Crippen molar-refractivity contribution in [1.29, 1.82) is 5.26 Å². The number of nitrogens with two attached hydrogens (primary N) is 1. The van der Waals surface area contributed by atoms with Gasteiger partial charge in [-0.1, -0.05) is 0 Å². The molecule has 1 aliphatic heterocycles. The molecule has 1 aliphatic rings. The number of nitrogen functional groups attached to an aromatic ring is 1. The molecule has 68 valence electrons. The summed E-state index contributed by atoms with van der Waals surface area (Å²) in [6.07, 6.45) is 0.857. The average molecular weight is 177 g/mol. The fourth-order valence-corrected chi connectivity index (χ4v) is 1.68. The highest BCUT2D eigenvalue weighted by Gasteiger charge is 2.23. The van der Waals surface area contributed by atoms with Crippen LogP contribution in [0.4, 0.5) is 5.88 Å². The number of nitrogens with zero attached hydrogens (tertiary/aromatic N) is 2. The molecule has 2 N–H and O–H groups in total. The number of hydrogen-bond donors (Lipinski definition) is 1. The predicted molar refractivity (Wildman–Crippen MR) is 47.9 cm³/mol. The molecule has 2 heterocycles. The van der Waals surface area contributed by atoms with E-state index in [2.05, 4.69) is 11.0 Å². The van der Waals surface area contributed by atoms with Crippen molar-refractivity contribution < 1.29 is 4.42 Å². The second-order valence-corrected chi connectivity index (χ2v) is 3.34. The zero-order valence-electron chi connectivity index (χ0n) is 7.50. The minimum absolute atomic E-state index is 0.266. The highest BCUT2D eigenvalue weighted by Crippen LogP contribution is 2.28. The van der Waals surface area contributed by atoms with Crippen LogP contribution in [0.1, 0.15) is 16.9 Å². The van der Waals surface area contributed by atoms with Crippen LogP contribution in [0.15, 0.2) is 4.42 Å². The van der Waals surface area contributed by atoms with Crippen LogP contribution in [0.5, 0.6) is 0 Å². The normalized spacial score (nSPS) is 16.6. The zero-order valence-corrected chi connectivity index (χ0v) is 7.50. The van der Waals surface area contributed by atoms with Crippen LogP contribution >= 0.6 is 0 Å². The molecule has 1 aromatic rings. The van der Waals surface area contributed by atoms with Gasteiger partial charge in [0, 0.05) is 12.1 Å². The van der Waals surface area contributed by atoms with Gasteiger partial charge in [0.15, 0.2) is 0 Å². The molecule has 0 radical (unpaired) electrons. The highest BCUT2D eigenvalue weighted by atomic mass is 16.4. The smallest absolute Gasteiger partial charge is 0.208 e. The fourth-order valence-electron chi connectivity index (χ4n) is 1.68. The fraction of sp³-hybridized carbons (Fsp3) is 0.444. The molecule has 13 heavy (non-hydrogen) atoms. The van der Waals surface area contributed by atoms with E-state index in [0.717, 1.165) is 30.8 Å². The maximum Gasteiger partial charge on any atom is 0.208 e. The SMILES string of the molecule is CN1CCc2c(oc(N)c2C#N)C1. The second-order valence-electron chi connectivity index (χ2n) is 3.34. The van der Waals surface area contributed by atoms with Crippen molar-refractivity contribution in [3.05, 3.63) is 16.9 Å². The van der Waals surface area contributed by atoms with Gasteiger partial charge in [0.2, 0.25) is 5.88 Å². The Morgan fingerprint density at radius 1 is 1.62 bits per heavy atom. The van der Waals surface area contributed by atoms with Crippen LogP contribution < -0.4 is 5.73 Å². The lowest BCUT2D eigenvalue weighted by Gasteiger charge is -2.20. The third kappa shape index (κ3) is 1.18. The summed E-state index contributed by atoms with van der Waals surface area (Å²) in [4.78, 5) is 2.15. The zero-order chi connectivity index (χ0) is 9.42. The maximum atomic E-state index is 8.83. The topological polar surface area (TPSA) is 66.2 Å². The van der Waals surface area contributed by atoms with Crippen molar-refractivity contribution in [2.75, 3.05) is 19.3 Å². The summed E-state index contributed by atoms with van der Waals surface area (Å²) < 4.78 is 5.31. The minimum atomic E-state index is 0.266. The Bertz CT molecular complexity index is 375. The van der Waals surface area contributed by atoms with Crippen molar-refractivity contribution in [2.24, 2.45) is 0 Å². The first-order valence-electron chi connectivity index (χ1n) is 4.21. The molecule has 4 heteroatoms. The van der Waals surface area contributed by atoms with Gasteiger partial charge in [-0.25, -0.2) is 0 Å². The number of anilines is 1. The summed E-state index contributed by atoms with van der Waals surface area (Å²) in [5.74, 6) is 1.12. The van der Waals surface area contributed by atoms with Gasteiger partial charge in [-0.15, -0.1) is 0 Å². The molecule has 0 aliphatic carbocycles. The van der Waals surface area contributed by atoms with Crippen LogP contribution in [-0.2, 0) is 13.0 Å². The molecule has 0 fully saturated rings. The first-order valence-corrected chi connectivity index (χ1v) is 4.21. The molecular weight excluding hydrogens is 166 g/mol. The number of furan rings is 1. The van der Waals surface area contributed by atoms with E-state index in [1.165, 1.54) is 0 Å². The molecule has 2 rings (SSSR count). The van der Waals surface area contributed by atoms with Crippen molar-refractivity contribution in [3.63, 3.8) is 0 Å². The first-order chi connectivity index (χ1) is 6.22. The Hall–Kier alpha value is -1.47. The van der Waals surface area contributed by atoms with E-state index in [1.54, 1.807) is 0 Å². The third-order valence-electron chi connectivity index (χ3n) is 2.39. The second kappa shape index (κ2) is 2.79. The molecule has 0 saturated heterocycles. The summed E-state index contributed by atoms with van der Waals surface area (Å²) in [6.45, 7) is 1.71. The number of rotatable bonds is 0. The van der Waals surface area contributed by atoms with E-state index in [4.69, 9.17) is 15.4 Å². The number of likely N-dealkylation sites (N-methyl/N-ethyl adjacent to an activating group) is 1. The van der Waals surface area contributed by atoms with Gasteiger partial charge in [0.05, 0.1) is 6.54 Å². The maximum absolute atomic E-state index is 8.83. The lowest BCUT2D eigenvalue weighted by atomic mass is 10.0. The highest BCUT2D eigenvalue weighted by molar-refractivity contribution is 5.54. The molecule has 1 aromatic heterocycles. The summed E-state index contributed by atoms with van der Waals surface area (Å²) >= 11 is 0. The molecule has 0 unspecified atom stereocenters. The van der Waals surface area contributed by atoms with E-state index in [0.29, 0.717) is 5.56 Å². The van der Waals surface area contributed by atoms with Gasteiger partial charge in [-0.2, -0.15) is 5.26 Å². The van der Waals surface area contributed by atoms with E-state index in [9.17, 15) is 0 Å². The standard InChI is InChI=1S/C9H11N3O/c1-12-3-2-6-7(4-10)9(11)13-8(6)5-12/h2-3,5,11H2,1H3. The van der Waals surface area contributed by atoms with Crippen molar-refractivity contribution >= 4 is 5.88 Å². The number of hydrogen-bond acceptors (Lipinski definition) is 4. The Kier molecular flexibility index (Phi) is 1.74. The number of fused-ring (bicyclic) bond motifs is 1. The first kappa shape index (κ1) is 8.14. The monoisotopic (exact) mass is 177 g/mol. The van der Waals surface area contributed by atoms with E-state index < -0.39 is 0 Å². The van der Waals surface area contributed by atoms with Crippen molar-refractivity contribution in [1.82, 2.24) is 4.90 Å². The Morgan fingerprint density at radius 2 is 2.38 bits per heavy atom. The van der Waals surface area contributed by atoms with Crippen LogP contribution in [0, 0.1) is 11.3 Å². The molecular formula is C9H11N3O. The minimum Gasteiger partial charge on any atom is -0.443 e. The molecule has 0 amide bonds. The Labute approximate surface area is 76.5 Å². The van der Waals surface area contributed by atoms with Gasteiger partial charge >= 0.3 is 0 Å².